The average Bonchev–Trinajstić information content (AvgIpc) is 2.84. The van der Waals surface area contributed by atoms with Gasteiger partial charge in [0, 0.05) is 22.2 Å². The molecule has 1 aromatic carbocycles. The van der Waals surface area contributed by atoms with E-state index in [1.807, 2.05) is 37.1 Å². The lowest BCUT2D eigenvalue weighted by Gasteiger charge is -2.18. The van der Waals surface area contributed by atoms with Gasteiger partial charge in [-0.15, -0.1) is 11.8 Å². The SMILES string of the molecule is CCCn1ncc(Br)c1C(CSc1ccc(Cl)cc1)NC. The van der Waals surface area contributed by atoms with Crippen molar-refractivity contribution in [2.75, 3.05) is 12.8 Å². The first-order chi connectivity index (χ1) is 10.2. The molecule has 0 saturated carbocycles. The molecule has 3 nitrogen and oxygen atoms in total. The van der Waals surface area contributed by atoms with E-state index in [1.165, 1.54) is 10.6 Å². The van der Waals surface area contributed by atoms with Crippen LogP contribution in [0.1, 0.15) is 25.1 Å². The molecule has 0 amide bonds. The summed E-state index contributed by atoms with van der Waals surface area (Å²) in [6, 6.07) is 8.20. The minimum Gasteiger partial charge on any atom is -0.311 e. The van der Waals surface area contributed by atoms with Crippen molar-refractivity contribution >= 4 is 39.3 Å². The minimum atomic E-state index is 0.245. The molecular weight excluding hydrogens is 370 g/mol. The molecule has 2 rings (SSSR count). The number of benzene rings is 1. The van der Waals surface area contributed by atoms with Crippen LogP contribution in [0.15, 0.2) is 39.8 Å². The van der Waals surface area contributed by atoms with E-state index in [0.717, 1.165) is 28.2 Å². The molecule has 0 aliphatic rings. The third kappa shape index (κ3) is 4.49. The smallest absolute Gasteiger partial charge is 0.0704 e. The molecule has 1 atom stereocenters. The van der Waals surface area contributed by atoms with Crippen LogP contribution in [0.5, 0.6) is 0 Å². The zero-order valence-electron chi connectivity index (χ0n) is 12.1. The molecule has 0 spiro atoms. The number of hydrogen-bond acceptors (Lipinski definition) is 3. The first kappa shape index (κ1) is 16.9. The largest absolute Gasteiger partial charge is 0.311 e. The van der Waals surface area contributed by atoms with Crippen LogP contribution in [0.4, 0.5) is 0 Å². The third-order valence-electron chi connectivity index (χ3n) is 3.18. The first-order valence-electron chi connectivity index (χ1n) is 6.92. The van der Waals surface area contributed by atoms with Crippen LogP contribution in [0.3, 0.4) is 0 Å². The molecule has 0 saturated heterocycles. The molecule has 0 fully saturated rings. The Morgan fingerprint density at radius 2 is 2.10 bits per heavy atom. The van der Waals surface area contributed by atoms with Crippen LogP contribution in [0, 0.1) is 0 Å². The van der Waals surface area contributed by atoms with Gasteiger partial charge < -0.3 is 5.32 Å². The van der Waals surface area contributed by atoms with Crippen LogP contribution in [0.2, 0.25) is 5.02 Å². The molecule has 6 heteroatoms. The van der Waals surface area contributed by atoms with Crippen LogP contribution < -0.4 is 5.32 Å². The first-order valence-corrected chi connectivity index (χ1v) is 9.08. The van der Waals surface area contributed by atoms with Gasteiger partial charge in [0.2, 0.25) is 0 Å². The van der Waals surface area contributed by atoms with Gasteiger partial charge in [-0.05, 0) is 53.7 Å². The number of aryl methyl sites for hydroxylation is 1. The van der Waals surface area contributed by atoms with Crippen LogP contribution in [0.25, 0.3) is 0 Å². The summed E-state index contributed by atoms with van der Waals surface area (Å²) in [5.41, 5.74) is 1.21. The molecule has 21 heavy (non-hydrogen) atoms. The quantitative estimate of drug-likeness (QED) is 0.693. The van der Waals surface area contributed by atoms with Crippen molar-refractivity contribution in [3.63, 3.8) is 0 Å². The molecule has 0 radical (unpaired) electrons. The van der Waals surface area contributed by atoms with E-state index in [4.69, 9.17) is 11.6 Å². The number of hydrogen-bond donors (Lipinski definition) is 1. The maximum absolute atomic E-state index is 5.92. The summed E-state index contributed by atoms with van der Waals surface area (Å²) < 4.78 is 3.14. The minimum absolute atomic E-state index is 0.245. The molecule has 1 N–H and O–H groups in total. The van der Waals surface area contributed by atoms with Crippen molar-refractivity contribution in [1.82, 2.24) is 15.1 Å². The molecule has 114 valence electrons. The highest BCUT2D eigenvalue weighted by molar-refractivity contribution is 9.10. The van der Waals surface area contributed by atoms with Gasteiger partial charge in [-0.3, -0.25) is 4.68 Å². The van der Waals surface area contributed by atoms with Crippen molar-refractivity contribution in [3.8, 4) is 0 Å². The standard InChI is InChI=1S/C15H19BrClN3S/c1-3-8-20-15(13(16)9-19-20)14(18-2)10-21-12-6-4-11(17)5-7-12/h4-7,9,14,18H,3,8,10H2,1-2H3. The van der Waals surface area contributed by atoms with Crippen molar-refractivity contribution in [2.24, 2.45) is 0 Å². The Bertz CT molecular complexity index is 571. The number of halogens is 2. The number of thioether (sulfide) groups is 1. The Balaban J connectivity index is 2.09. The van der Waals surface area contributed by atoms with E-state index in [2.05, 4.69) is 50.1 Å². The molecule has 1 aromatic heterocycles. The molecule has 0 aliphatic heterocycles. The Morgan fingerprint density at radius 3 is 2.71 bits per heavy atom. The maximum atomic E-state index is 5.92. The van der Waals surface area contributed by atoms with E-state index >= 15 is 0 Å². The fourth-order valence-corrected chi connectivity index (χ4v) is 3.83. The third-order valence-corrected chi connectivity index (χ3v) is 5.15. The maximum Gasteiger partial charge on any atom is 0.0704 e. The van der Waals surface area contributed by atoms with Gasteiger partial charge in [-0.1, -0.05) is 18.5 Å². The van der Waals surface area contributed by atoms with Crippen molar-refractivity contribution in [3.05, 3.63) is 45.7 Å². The van der Waals surface area contributed by atoms with Crippen molar-refractivity contribution in [2.45, 2.75) is 30.8 Å². The number of rotatable bonds is 7. The lowest BCUT2D eigenvalue weighted by atomic mass is 10.2. The molecule has 1 unspecified atom stereocenters. The highest BCUT2D eigenvalue weighted by Crippen LogP contribution is 2.29. The summed E-state index contributed by atoms with van der Waals surface area (Å²) in [6.07, 6.45) is 2.95. The lowest BCUT2D eigenvalue weighted by molar-refractivity contribution is 0.523. The molecule has 2 aromatic rings. The second kappa shape index (κ2) is 8.22. The summed E-state index contributed by atoms with van der Waals surface area (Å²) in [5, 5.41) is 8.60. The molecule has 0 aliphatic carbocycles. The summed E-state index contributed by atoms with van der Waals surface area (Å²) >= 11 is 11.3. The predicted octanol–water partition coefficient (Wildman–Crippen LogP) is 4.76. The lowest BCUT2D eigenvalue weighted by Crippen LogP contribution is -2.23. The zero-order valence-corrected chi connectivity index (χ0v) is 15.3. The highest BCUT2D eigenvalue weighted by atomic mass is 79.9. The summed E-state index contributed by atoms with van der Waals surface area (Å²) in [5.74, 6) is 0.937. The Labute approximate surface area is 143 Å². The van der Waals surface area contributed by atoms with Crippen molar-refractivity contribution < 1.29 is 0 Å². The Morgan fingerprint density at radius 1 is 1.38 bits per heavy atom. The van der Waals surface area contributed by atoms with E-state index in [-0.39, 0.29) is 6.04 Å². The van der Waals surface area contributed by atoms with E-state index in [9.17, 15) is 0 Å². The Hall–Kier alpha value is -0.490. The van der Waals surface area contributed by atoms with E-state index in [0.29, 0.717) is 0 Å². The monoisotopic (exact) mass is 387 g/mol. The summed E-state index contributed by atoms with van der Waals surface area (Å²) in [7, 11) is 1.99. The topological polar surface area (TPSA) is 29.9 Å². The van der Waals surface area contributed by atoms with Crippen LogP contribution in [-0.2, 0) is 6.54 Å². The Kier molecular flexibility index (Phi) is 6.61. The van der Waals surface area contributed by atoms with Gasteiger partial charge in [-0.2, -0.15) is 5.10 Å². The predicted molar refractivity (Wildman–Crippen MR) is 94.2 cm³/mol. The number of nitrogens with zero attached hydrogens (tertiary/aromatic N) is 2. The molecular formula is C15H19BrClN3S. The number of aromatic nitrogens is 2. The fraction of sp³-hybridized carbons (Fsp3) is 0.400. The van der Waals surface area contributed by atoms with E-state index in [1.54, 1.807) is 0 Å². The second-order valence-corrected chi connectivity index (χ2v) is 7.09. The highest BCUT2D eigenvalue weighted by Gasteiger charge is 2.18. The van der Waals surface area contributed by atoms with Gasteiger partial charge >= 0.3 is 0 Å². The summed E-state index contributed by atoms with van der Waals surface area (Å²) in [6.45, 7) is 3.10. The van der Waals surface area contributed by atoms with Gasteiger partial charge in [0.25, 0.3) is 0 Å². The second-order valence-electron chi connectivity index (χ2n) is 4.71. The fourth-order valence-electron chi connectivity index (χ4n) is 2.12. The van der Waals surface area contributed by atoms with Gasteiger partial charge in [-0.25, -0.2) is 0 Å². The molecule has 0 bridgehead atoms. The van der Waals surface area contributed by atoms with Crippen LogP contribution in [-0.4, -0.2) is 22.6 Å². The van der Waals surface area contributed by atoms with E-state index < -0.39 is 0 Å². The molecule has 1 heterocycles. The summed E-state index contributed by atoms with van der Waals surface area (Å²) in [4.78, 5) is 1.22. The van der Waals surface area contributed by atoms with Gasteiger partial charge in [0.15, 0.2) is 0 Å². The normalized spacial score (nSPS) is 12.6. The van der Waals surface area contributed by atoms with Crippen molar-refractivity contribution in [1.29, 1.82) is 0 Å². The van der Waals surface area contributed by atoms with Gasteiger partial charge in [0.05, 0.1) is 22.4 Å². The number of nitrogens with one attached hydrogen (secondary N) is 1. The zero-order chi connectivity index (χ0) is 15.2. The average molecular weight is 389 g/mol. The van der Waals surface area contributed by atoms with Crippen LogP contribution >= 0.6 is 39.3 Å². The van der Waals surface area contributed by atoms with Gasteiger partial charge in [0.1, 0.15) is 0 Å².